The van der Waals surface area contributed by atoms with Crippen LogP contribution < -0.4 is 5.32 Å². The normalized spacial score (nSPS) is 16.1. The predicted molar refractivity (Wildman–Crippen MR) is 67.4 cm³/mol. The van der Waals surface area contributed by atoms with E-state index in [-0.39, 0.29) is 18.0 Å². The second-order valence-corrected chi connectivity index (χ2v) is 4.63. The van der Waals surface area contributed by atoms with Crippen LogP contribution in [0.2, 0.25) is 0 Å². The first-order valence-corrected chi connectivity index (χ1v) is 6.18. The molecule has 5 heteroatoms. The first kappa shape index (κ1) is 12.8. The van der Waals surface area contributed by atoms with Gasteiger partial charge in [0.15, 0.2) is 0 Å². The van der Waals surface area contributed by atoms with Gasteiger partial charge in [0.05, 0.1) is 13.2 Å². The van der Waals surface area contributed by atoms with Gasteiger partial charge in [-0.2, -0.15) is 0 Å². The number of anilines is 1. The predicted octanol–water partition coefficient (Wildman–Crippen LogP) is 1.44. The average molecular weight is 250 g/mol. The van der Waals surface area contributed by atoms with Crippen molar-refractivity contribution in [2.75, 3.05) is 25.1 Å². The number of hydrogen-bond acceptors (Lipinski definition) is 5. The van der Waals surface area contributed by atoms with Crippen LogP contribution in [0, 0.1) is 5.41 Å². The number of aromatic nitrogens is 1. The number of ether oxygens (including phenoxy) is 1. The topological polar surface area (TPSA) is 71.5 Å². The minimum absolute atomic E-state index is 0.0244. The number of rotatable bonds is 6. The van der Waals surface area contributed by atoms with Crippen molar-refractivity contribution in [3.05, 3.63) is 23.9 Å². The summed E-state index contributed by atoms with van der Waals surface area (Å²) in [6, 6.07) is 3.39. The Morgan fingerprint density at radius 3 is 3.00 bits per heavy atom. The lowest BCUT2D eigenvalue weighted by molar-refractivity contribution is 0.0527. The molecule has 0 spiro atoms. The fraction of sp³-hybridized carbons (Fsp3) is 0.538. The quantitative estimate of drug-likeness (QED) is 0.748. The number of aliphatic hydroxyl groups excluding tert-OH is 1. The molecule has 0 radical (unpaired) electrons. The SMILES string of the molecule is CCOC(=O)c1cccnc1NCC1(CO)CC1. The maximum absolute atomic E-state index is 11.7. The minimum atomic E-state index is -0.373. The van der Waals surface area contributed by atoms with Gasteiger partial charge in [0, 0.05) is 18.2 Å². The second-order valence-electron chi connectivity index (χ2n) is 4.63. The van der Waals surface area contributed by atoms with Crippen LogP contribution >= 0.6 is 0 Å². The molecule has 0 amide bonds. The van der Waals surface area contributed by atoms with Gasteiger partial charge in [-0.05, 0) is 31.9 Å². The van der Waals surface area contributed by atoms with Crippen molar-refractivity contribution in [3.63, 3.8) is 0 Å². The van der Waals surface area contributed by atoms with E-state index in [1.165, 1.54) is 0 Å². The highest BCUT2D eigenvalue weighted by Crippen LogP contribution is 2.44. The van der Waals surface area contributed by atoms with Crippen LogP contribution in [-0.2, 0) is 4.74 Å². The van der Waals surface area contributed by atoms with E-state index in [1.807, 2.05) is 0 Å². The molecular formula is C13H18N2O3. The summed E-state index contributed by atoms with van der Waals surface area (Å²) in [6.07, 6.45) is 3.65. The number of esters is 1. The lowest BCUT2D eigenvalue weighted by Crippen LogP contribution is -2.21. The molecule has 1 aromatic heterocycles. The highest BCUT2D eigenvalue weighted by Gasteiger charge is 2.41. The molecule has 0 bridgehead atoms. The van der Waals surface area contributed by atoms with Crippen molar-refractivity contribution >= 4 is 11.8 Å². The lowest BCUT2D eigenvalue weighted by Gasteiger charge is -2.15. The smallest absolute Gasteiger partial charge is 0.341 e. The van der Waals surface area contributed by atoms with Crippen molar-refractivity contribution in [2.45, 2.75) is 19.8 Å². The summed E-state index contributed by atoms with van der Waals surface area (Å²) in [5.74, 6) is 0.151. The molecule has 0 aliphatic heterocycles. The summed E-state index contributed by atoms with van der Waals surface area (Å²) >= 11 is 0. The number of carbonyl (C=O) groups excluding carboxylic acids is 1. The Morgan fingerprint density at radius 2 is 2.39 bits per heavy atom. The van der Waals surface area contributed by atoms with E-state index in [2.05, 4.69) is 10.3 Å². The number of nitrogens with one attached hydrogen (secondary N) is 1. The Balaban J connectivity index is 2.05. The molecule has 1 aliphatic carbocycles. The number of pyridine rings is 1. The zero-order chi connectivity index (χ0) is 13.0. The Morgan fingerprint density at radius 1 is 1.61 bits per heavy atom. The second kappa shape index (κ2) is 5.35. The van der Waals surface area contributed by atoms with Gasteiger partial charge in [-0.3, -0.25) is 0 Å². The summed E-state index contributed by atoms with van der Waals surface area (Å²) in [4.78, 5) is 15.9. The third-order valence-corrected chi connectivity index (χ3v) is 3.23. The van der Waals surface area contributed by atoms with Gasteiger partial charge in [0.1, 0.15) is 11.4 Å². The molecule has 2 rings (SSSR count). The van der Waals surface area contributed by atoms with Crippen molar-refractivity contribution in [1.82, 2.24) is 4.98 Å². The van der Waals surface area contributed by atoms with Crippen LogP contribution in [-0.4, -0.2) is 35.8 Å². The number of aliphatic hydroxyl groups is 1. The van der Waals surface area contributed by atoms with E-state index in [1.54, 1.807) is 25.3 Å². The van der Waals surface area contributed by atoms with Gasteiger partial charge in [-0.1, -0.05) is 0 Å². The monoisotopic (exact) mass is 250 g/mol. The third-order valence-electron chi connectivity index (χ3n) is 3.23. The summed E-state index contributed by atoms with van der Waals surface area (Å²) in [5, 5.41) is 12.4. The van der Waals surface area contributed by atoms with E-state index in [4.69, 9.17) is 4.74 Å². The number of carbonyl (C=O) groups is 1. The molecule has 0 saturated heterocycles. The highest BCUT2D eigenvalue weighted by molar-refractivity contribution is 5.94. The maximum atomic E-state index is 11.7. The highest BCUT2D eigenvalue weighted by atomic mass is 16.5. The lowest BCUT2D eigenvalue weighted by atomic mass is 10.1. The van der Waals surface area contributed by atoms with Gasteiger partial charge in [-0.25, -0.2) is 9.78 Å². The van der Waals surface area contributed by atoms with Crippen LogP contribution in [0.1, 0.15) is 30.1 Å². The van der Waals surface area contributed by atoms with E-state index >= 15 is 0 Å². The third kappa shape index (κ3) is 2.79. The van der Waals surface area contributed by atoms with Crippen LogP contribution in [0.3, 0.4) is 0 Å². The zero-order valence-corrected chi connectivity index (χ0v) is 10.5. The molecule has 5 nitrogen and oxygen atoms in total. The Kier molecular flexibility index (Phi) is 3.81. The van der Waals surface area contributed by atoms with Crippen LogP contribution in [0.4, 0.5) is 5.82 Å². The molecule has 98 valence electrons. The van der Waals surface area contributed by atoms with Crippen LogP contribution in [0.5, 0.6) is 0 Å². The molecule has 1 heterocycles. The largest absolute Gasteiger partial charge is 0.462 e. The van der Waals surface area contributed by atoms with E-state index in [0.29, 0.717) is 24.5 Å². The Hall–Kier alpha value is -1.62. The zero-order valence-electron chi connectivity index (χ0n) is 10.5. The van der Waals surface area contributed by atoms with Gasteiger partial charge in [0.2, 0.25) is 0 Å². The minimum Gasteiger partial charge on any atom is -0.462 e. The number of nitrogens with zero attached hydrogens (tertiary/aromatic N) is 1. The van der Waals surface area contributed by atoms with Gasteiger partial charge in [0.25, 0.3) is 0 Å². The summed E-state index contributed by atoms with van der Waals surface area (Å²) in [7, 11) is 0. The fourth-order valence-electron chi connectivity index (χ4n) is 1.76. The van der Waals surface area contributed by atoms with E-state index in [0.717, 1.165) is 12.8 Å². The standard InChI is InChI=1S/C13H18N2O3/c1-2-18-12(17)10-4-3-7-14-11(10)15-8-13(9-16)5-6-13/h3-4,7,16H,2,5-6,8-9H2,1H3,(H,14,15). The van der Waals surface area contributed by atoms with E-state index in [9.17, 15) is 9.90 Å². The summed E-state index contributed by atoms with van der Waals surface area (Å²) in [5.41, 5.74) is 0.414. The van der Waals surface area contributed by atoms with Crippen molar-refractivity contribution in [3.8, 4) is 0 Å². The van der Waals surface area contributed by atoms with Crippen molar-refractivity contribution < 1.29 is 14.6 Å². The van der Waals surface area contributed by atoms with E-state index < -0.39 is 0 Å². The number of hydrogen-bond donors (Lipinski definition) is 2. The Bertz CT molecular complexity index is 430. The molecule has 0 atom stereocenters. The Labute approximate surface area is 106 Å². The molecule has 18 heavy (non-hydrogen) atoms. The van der Waals surface area contributed by atoms with Gasteiger partial charge in [-0.15, -0.1) is 0 Å². The fourth-order valence-corrected chi connectivity index (χ4v) is 1.76. The van der Waals surface area contributed by atoms with Crippen LogP contribution in [0.15, 0.2) is 18.3 Å². The van der Waals surface area contributed by atoms with Crippen LogP contribution in [0.25, 0.3) is 0 Å². The molecule has 1 fully saturated rings. The molecular weight excluding hydrogens is 232 g/mol. The summed E-state index contributed by atoms with van der Waals surface area (Å²) in [6.45, 7) is 2.91. The molecule has 1 aromatic rings. The maximum Gasteiger partial charge on any atom is 0.341 e. The first-order valence-electron chi connectivity index (χ1n) is 6.18. The van der Waals surface area contributed by atoms with Gasteiger partial charge < -0.3 is 15.2 Å². The van der Waals surface area contributed by atoms with Crippen molar-refractivity contribution in [2.24, 2.45) is 5.41 Å². The summed E-state index contributed by atoms with van der Waals surface area (Å²) < 4.78 is 4.97. The first-order chi connectivity index (χ1) is 8.71. The molecule has 0 aromatic carbocycles. The molecule has 1 aliphatic rings. The molecule has 1 saturated carbocycles. The molecule has 0 unspecified atom stereocenters. The van der Waals surface area contributed by atoms with Crippen molar-refractivity contribution in [1.29, 1.82) is 0 Å². The average Bonchev–Trinajstić information content (AvgIpc) is 3.18. The molecule has 2 N–H and O–H groups in total. The van der Waals surface area contributed by atoms with Gasteiger partial charge >= 0.3 is 5.97 Å².